The van der Waals surface area contributed by atoms with Gasteiger partial charge in [-0.25, -0.2) is 4.98 Å². The topological polar surface area (TPSA) is 28.7 Å². The number of nitrogens with one attached hydrogen (secondary N) is 1. The summed E-state index contributed by atoms with van der Waals surface area (Å²) in [5, 5.41) is 0. The maximum Gasteiger partial charge on any atom is 0.396 e. The quantitative estimate of drug-likeness (QED) is 0.851. The minimum absolute atomic E-state index is 0.0596. The first kappa shape index (κ1) is 10.5. The van der Waals surface area contributed by atoms with E-state index in [-0.39, 0.29) is 5.82 Å². The minimum atomic E-state index is -4.23. The van der Waals surface area contributed by atoms with E-state index in [9.17, 15) is 13.2 Å². The zero-order valence-corrected chi connectivity index (χ0v) is 8.98. The molecule has 1 aromatic heterocycles. The van der Waals surface area contributed by atoms with Crippen LogP contribution in [0.2, 0.25) is 0 Å². The van der Waals surface area contributed by atoms with E-state index in [1.54, 1.807) is 18.2 Å². The summed E-state index contributed by atoms with van der Waals surface area (Å²) in [5.41, 5.74) is 1.14. The highest BCUT2D eigenvalue weighted by Gasteiger charge is 2.29. The van der Waals surface area contributed by atoms with Crippen molar-refractivity contribution in [2.75, 3.05) is 0 Å². The van der Waals surface area contributed by atoms with Crippen molar-refractivity contribution in [3.8, 4) is 0 Å². The number of halogens is 4. The van der Waals surface area contributed by atoms with E-state index in [2.05, 4.69) is 25.9 Å². The van der Waals surface area contributed by atoms with Gasteiger partial charge in [-0.3, -0.25) is 0 Å². The van der Waals surface area contributed by atoms with Gasteiger partial charge >= 0.3 is 6.18 Å². The van der Waals surface area contributed by atoms with Crippen molar-refractivity contribution >= 4 is 27.0 Å². The highest BCUT2D eigenvalue weighted by molar-refractivity contribution is 9.10. The molecule has 0 aliphatic heterocycles. The van der Waals surface area contributed by atoms with Crippen LogP contribution in [0.15, 0.2) is 22.7 Å². The third-order valence-electron chi connectivity index (χ3n) is 1.86. The number of nitrogens with zero attached hydrogens (tertiary/aromatic N) is 1. The van der Waals surface area contributed by atoms with Crippen LogP contribution in [0.25, 0.3) is 11.0 Å². The minimum Gasteiger partial charge on any atom is -0.342 e. The summed E-state index contributed by atoms with van der Waals surface area (Å²) >= 11 is 3.23. The molecule has 0 aliphatic carbocycles. The standard InChI is InChI=1S/C9H6BrF3N2/c10-5-1-2-6-7(3-5)15-8(14-6)4-9(11,12)13/h1-3H,4H2,(H,14,15). The number of rotatable bonds is 1. The molecule has 0 spiro atoms. The van der Waals surface area contributed by atoms with E-state index < -0.39 is 12.6 Å². The van der Waals surface area contributed by atoms with Crippen LogP contribution in [0, 0.1) is 0 Å². The smallest absolute Gasteiger partial charge is 0.342 e. The normalized spacial score (nSPS) is 12.3. The summed E-state index contributed by atoms with van der Waals surface area (Å²) < 4.78 is 37.0. The molecule has 6 heteroatoms. The van der Waals surface area contributed by atoms with Crippen molar-refractivity contribution in [1.29, 1.82) is 0 Å². The lowest BCUT2D eigenvalue weighted by Crippen LogP contribution is -2.12. The zero-order chi connectivity index (χ0) is 11.1. The molecule has 0 fully saturated rings. The molecule has 0 bridgehead atoms. The van der Waals surface area contributed by atoms with Crippen LogP contribution in [-0.4, -0.2) is 16.1 Å². The third kappa shape index (κ3) is 2.50. The van der Waals surface area contributed by atoms with E-state index in [0.717, 1.165) is 4.47 Å². The van der Waals surface area contributed by atoms with Gasteiger partial charge in [0, 0.05) is 4.47 Å². The number of H-pyrrole nitrogens is 1. The van der Waals surface area contributed by atoms with Gasteiger partial charge in [-0.15, -0.1) is 0 Å². The molecule has 2 aromatic rings. The lowest BCUT2D eigenvalue weighted by molar-refractivity contribution is -0.128. The molecule has 0 aliphatic rings. The lowest BCUT2D eigenvalue weighted by Gasteiger charge is -2.01. The summed E-state index contributed by atoms with van der Waals surface area (Å²) in [6.07, 6.45) is -5.26. The second kappa shape index (κ2) is 3.52. The fraction of sp³-hybridized carbons (Fsp3) is 0.222. The molecule has 0 atom stereocenters. The molecule has 0 unspecified atom stereocenters. The maximum atomic E-state index is 12.1. The summed E-state index contributed by atoms with van der Waals surface area (Å²) in [5.74, 6) is -0.0596. The van der Waals surface area contributed by atoms with E-state index in [1.807, 2.05) is 0 Å². The molecule has 1 aromatic carbocycles. The number of benzene rings is 1. The van der Waals surface area contributed by atoms with Gasteiger partial charge in [-0.05, 0) is 18.2 Å². The molecule has 1 N–H and O–H groups in total. The van der Waals surface area contributed by atoms with Gasteiger partial charge in [0.1, 0.15) is 12.2 Å². The van der Waals surface area contributed by atoms with Crippen LogP contribution < -0.4 is 0 Å². The molecule has 0 amide bonds. The van der Waals surface area contributed by atoms with E-state index in [4.69, 9.17) is 0 Å². The van der Waals surface area contributed by atoms with Gasteiger partial charge in [0.2, 0.25) is 0 Å². The van der Waals surface area contributed by atoms with E-state index in [0.29, 0.717) is 11.0 Å². The first-order valence-corrected chi connectivity index (χ1v) is 4.94. The zero-order valence-electron chi connectivity index (χ0n) is 7.40. The Labute approximate surface area is 91.6 Å². The first-order valence-electron chi connectivity index (χ1n) is 4.15. The number of hydrogen-bond acceptors (Lipinski definition) is 1. The van der Waals surface area contributed by atoms with Gasteiger partial charge in [0.25, 0.3) is 0 Å². The molecular formula is C9H6BrF3N2. The van der Waals surface area contributed by atoms with Crippen molar-refractivity contribution in [3.05, 3.63) is 28.5 Å². The summed E-state index contributed by atoms with van der Waals surface area (Å²) in [4.78, 5) is 6.47. The maximum absolute atomic E-state index is 12.1. The fourth-order valence-corrected chi connectivity index (χ4v) is 1.67. The number of imidazole rings is 1. The first-order chi connectivity index (χ1) is 6.94. The summed E-state index contributed by atoms with van der Waals surface area (Å²) in [7, 11) is 0. The highest BCUT2D eigenvalue weighted by atomic mass is 79.9. The molecule has 1 heterocycles. The average Bonchev–Trinajstić information content (AvgIpc) is 2.42. The SMILES string of the molecule is FC(F)(F)Cc1nc2ccc(Br)cc2[nH]1. The molecule has 0 radical (unpaired) electrons. The number of fused-ring (bicyclic) bond motifs is 1. The van der Waals surface area contributed by atoms with Gasteiger partial charge in [-0.2, -0.15) is 13.2 Å². The van der Waals surface area contributed by atoms with Gasteiger partial charge in [0.15, 0.2) is 0 Å². The Morgan fingerprint density at radius 2 is 2.07 bits per heavy atom. The molecule has 0 saturated heterocycles. The second-order valence-electron chi connectivity index (χ2n) is 3.14. The Bertz CT molecular complexity index is 490. The monoisotopic (exact) mass is 278 g/mol. The largest absolute Gasteiger partial charge is 0.396 e. The Morgan fingerprint density at radius 1 is 1.33 bits per heavy atom. The Kier molecular flexibility index (Phi) is 2.46. The van der Waals surface area contributed by atoms with Crippen LogP contribution in [-0.2, 0) is 6.42 Å². The van der Waals surface area contributed by atoms with E-state index >= 15 is 0 Å². The number of hydrogen-bond donors (Lipinski definition) is 1. The number of aromatic nitrogens is 2. The highest BCUT2D eigenvalue weighted by Crippen LogP contribution is 2.23. The number of aromatic amines is 1. The van der Waals surface area contributed by atoms with Crippen LogP contribution in [0.5, 0.6) is 0 Å². The second-order valence-corrected chi connectivity index (χ2v) is 4.05. The Hall–Kier alpha value is -1.04. The molecule has 0 saturated carbocycles. The molecule has 80 valence electrons. The van der Waals surface area contributed by atoms with Crippen molar-refractivity contribution in [2.24, 2.45) is 0 Å². The average molecular weight is 279 g/mol. The van der Waals surface area contributed by atoms with Crippen molar-refractivity contribution in [2.45, 2.75) is 12.6 Å². The molecule has 2 nitrogen and oxygen atoms in total. The van der Waals surface area contributed by atoms with Gasteiger partial charge in [0.05, 0.1) is 11.0 Å². The van der Waals surface area contributed by atoms with Crippen molar-refractivity contribution < 1.29 is 13.2 Å². The predicted molar refractivity (Wildman–Crippen MR) is 53.6 cm³/mol. The third-order valence-corrected chi connectivity index (χ3v) is 2.35. The molecule has 15 heavy (non-hydrogen) atoms. The van der Waals surface area contributed by atoms with Crippen LogP contribution in [0.4, 0.5) is 13.2 Å². The summed E-state index contributed by atoms with van der Waals surface area (Å²) in [6.45, 7) is 0. The number of alkyl halides is 3. The fourth-order valence-electron chi connectivity index (χ4n) is 1.31. The van der Waals surface area contributed by atoms with Crippen LogP contribution in [0.3, 0.4) is 0 Å². The van der Waals surface area contributed by atoms with Crippen LogP contribution in [0.1, 0.15) is 5.82 Å². The van der Waals surface area contributed by atoms with Crippen molar-refractivity contribution in [3.63, 3.8) is 0 Å². The molecular weight excluding hydrogens is 273 g/mol. The summed E-state index contributed by atoms with van der Waals surface area (Å²) in [6, 6.07) is 5.10. The van der Waals surface area contributed by atoms with Crippen LogP contribution >= 0.6 is 15.9 Å². The van der Waals surface area contributed by atoms with E-state index in [1.165, 1.54) is 0 Å². The van der Waals surface area contributed by atoms with Gasteiger partial charge in [-0.1, -0.05) is 15.9 Å². The Balaban J connectivity index is 2.39. The predicted octanol–water partition coefficient (Wildman–Crippen LogP) is 3.43. The Morgan fingerprint density at radius 3 is 2.73 bits per heavy atom. The van der Waals surface area contributed by atoms with Crippen molar-refractivity contribution in [1.82, 2.24) is 9.97 Å². The lowest BCUT2D eigenvalue weighted by atomic mass is 10.3. The molecule has 2 rings (SSSR count). The van der Waals surface area contributed by atoms with Gasteiger partial charge < -0.3 is 4.98 Å².